The Morgan fingerprint density at radius 1 is 1.50 bits per heavy atom. The maximum atomic E-state index is 10.7. The Morgan fingerprint density at radius 2 is 2.14 bits per heavy atom. The van der Waals surface area contributed by atoms with Crippen molar-refractivity contribution >= 4 is 19.5 Å². The van der Waals surface area contributed by atoms with Crippen LogP contribution in [0.1, 0.15) is 11.9 Å². The molecule has 0 aromatic carbocycles. The minimum absolute atomic E-state index is 0.0137. The normalized spacial score (nSPS) is 28.9. The maximum Gasteiger partial charge on any atom is 0.469 e. The predicted molar refractivity (Wildman–Crippen MR) is 71.6 cm³/mol. The number of amidine groups is 1. The van der Waals surface area contributed by atoms with Gasteiger partial charge in [0.1, 0.15) is 35.7 Å². The molecule has 0 aliphatic carbocycles. The summed E-state index contributed by atoms with van der Waals surface area (Å²) in [6.45, 7) is -0.632. The molecular weight excluding hydrogens is 321 g/mol. The van der Waals surface area contributed by atoms with Gasteiger partial charge in [-0.2, -0.15) is 0 Å². The van der Waals surface area contributed by atoms with Crippen molar-refractivity contribution in [2.24, 2.45) is 5.73 Å². The topological polar surface area (TPSA) is 210 Å². The quantitative estimate of drug-likeness (QED) is 0.170. The van der Waals surface area contributed by atoms with Gasteiger partial charge in [0.05, 0.1) is 12.9 Å². The Morgan fingerprint density at radius 3 is 2.64 bits per heavy atom. The van der Waals surface area contributed by atoms with Crippen LogP contribution in [0.2, 0.25) is 0 Å². The average Bonchev–Trinajstić information content (AvgIpc) is 2.90. The molecule has 9 N–H and O–H groups in total. The number of nitrogen functional groups attached to an aromatic ring is 2. The van der Waals surface area contributed by atoms with Crippen molar-refractivity contribution in [1.29, 1.82) is 5.41 Å². The first-order valence-electron chi connectivity index (χ1n) is 6.00. The highest BCUT2D eigenvalue weighted by molar-refractivity contribution is 7.46. The first-order valence-corrected chi connectivity index (χ1v) is 7.53. The van der Waals surface area contributed by atoms with Crippen LogP contribution in [0.4, 0.5) is 5.82 Å². The summed E-state index contributed by atoms with van der Waals surface area (Å²) >= 11 is 0. The number of anilines is 1. The zero-order valence-electron chi connectivity index (χ0n) is 11.1. The van der Waals surface area contributed by atoms with E-state index in [1.54, 1.807) is 0 Å². The van der Waals surface area contributed by atoms with E-state index < -0.39 is 39.0 Å². The number of aliphatic hydroxyl groups is 2. The molecule has 0 unspecified atom stereocenters. The largest absolute Gasteiger partial charge is 0.469 e. The van der Waals surface area contributed by atoms with Gasteiger partial charge >= 0.3 is 7.82 Å². The molecule has 0 amide bonds. The molecule has 12 nitrogen and oxygen atoms in total. The summed E-state index contributed by atoms with van der Waals surface area (Å²) in [6, 6.07) is 0. The Hall–Kier alpha value is -1.53. The zero-order chi connectivity index (χ0) is 16.7. The molecule has 1 saturated heterocycles. The average molecular weight is 337 g/mol. The standard InChI is InChI=1S/C9H16N5O7P/c10-7(11)4-8(12)14(2-13-4)9-6(16)5(15)3(21-9)1-20-22(17,18)19/h2-3,5-6,9,15-16H,1,12H2,(H3,10,11)(H2,17,18,19)/t3-,5-,6-,9-/m1/s1. The minimum atomic E-state index is -4.74. The number of nitrogens with one attached hydrogen (secondary N) is 1. The van der Waals surface area contributed by atoms with Gasteiger partial charge in [0.25, 0.3) is 0 Å². The third-order valence-corrected chi connectivity index (χ3v) is 3.59. The molecule has 13 heteroatoms. The van der Waals surface area contributed by atoms with Crippen LogP contribution in [0.15, 0.2) is 6.33 Å². The SMILES string of the molecule is N=C(N)c1ncn([C@@H]2O[C@H](COP(=O)(O)O)[C@@H](O)[C@H]2O)c1N. The number of nitrogens with two attached hydrogens (primary N) is 2. The monoisotopic (exact) mass is 337 g/mol. The predicted octanol–water partition coefficient (Wildman–Crippen LogP) is -2.52. The van der Waals surface area contributed by atoms with Crippen molar-refractivity contribution in [3.8, 4) is 0 Å². The first-order chi connectivity index (χ1) is 10.1. The van der Waals surface area contributed by atoms with Crippen LogP contribution in [0.25, 0.3) is 0 Å². The molecule has 0 radical (unpaired) electrons. The van der Waals surface area contributed by atoms with E-state index in [2.05, 4.69) is 9.51 Å². The number of hydrogen-bond donors (Lipinski definition) is 7. The fourth-order valence-corrected chi connectivity index (χ4v) is 2.39. The highest BCUT2D eigenvalue weighted by atomic mass is 31.2. The molecule has 4 atom stereocenters. The summed E-state index contributed by atoms with van der Waals surface area (Å²) in [5, 5.41) is 27.1. The lowest BCUT2D eigenvalue weighted by Gasteiger charge is -2.17. The maximum absolute atomic E-state index is 10.7. The van der Waals surface area contributed by atoms with E-state index >= 15 is 0 Å². The summed E-state index contributed by atoms with van der Waals surface area (Å²) in [5.41, 5.74) is 11.0. The van der Waals surface area contributed by atoms with Crippen molar-refractivity contribution in [3.05, 3.63) is 12.0 Å². The van der Waals surface area contributed by atoms with Crippen molar-refractivity contribution in [3.63, 3.8) is 0 Å². The minimum Gasteiger partial charge on any atom is -0.387 e. The molecule has 2 heterocycles. The third-order valence-electron chi connectivity index (χ3n) is 3.11. The molecule has 0 bridgehead atoms. The number of ether oxygens (including phenoxy) is 1. The molecule has 124 valence electrons. The lowest BCUT2D eigenvalue weighted by molar-refractivity contribution is -0.0510. The number of phosphoric ester groups is 1. The van der Waals surface area contributed by atoms with Gasteiger partial charge in [0, 0.05) is 0 Å². The van der Waals surface area contributed by atoms with Crippen molar-refractivity contribution in [1.82, 2.24) is 9.55 Å². The summed E-state index contributed by atoms with van der Waals surface area (Å²) in [4.78, 5) is 21.1. The Kier molecular flexibility index (Phi) is 4.54. The smallest absolute Gasteiger partial charge is 0.387 e. The summed E-state index contributed by atoms with van der Waals surface area (Å²) < 4.78 is 21.4. The number of phosphoric acid groups is 1. The fraction of sp³-hybridized carbons (Fsp3) is 0.556. The van der Waals surface area contributed by atoms with Crippen molar-refractivity contribution < 1.29 is 33.8 Å². The van der Waals surface area contributed by atoms with E-state index in [4.69, 9.17) is 31.4 Å². The van der Waals surface area contributed by atoms with E-state index in [-0.39, 0.29) is 17.3 Å². The van der Waals surface area contributed by atoms with Crippen LogP contribution in [-0.2, 0) is 13.8 Å². The van der Waals surface area contributed by atoms with Crippen molar-refractivity contribution in [2.75, 3.05) is 12.3 Å². The number of imidazole rings is 1. The molecule has 1 aromatic rings. The van der Waals surface area contributed by atoms with Gasteiger partial charge in [0.15, 0.2) is 6.23 Å². The Labute approximate surface area is 124 Å². The van der Waals surface area contributed by atoms with Gasteiger partial charge in [-0.3, -0.25) is 14.5 Å². The van der Waals surface area contributed by atoms with E-state index in [1.807, 2.05) is 0 Å². The summed E-state index contributed by atoms with van der Waals surface area (Å²) in [7, 11) is -4.74. The first kappa shape index (κ1) is 16.8. The van der Waals surface area contributed by atoms with Crippen LogP contribution in [0.5, 0.6) is 0 Å². The van der Waals surface area contributed by atoms with E-state index in [0.717, 1.165) is 4.57 Å². The molecule has 1 aliphatic heterocycles. The van der Waals surface area contributed by atoms with Gasteiger partial charge in [-0.1, -0.05) is 0 Å². The second-order valence-electron chi connectivity index (χ2n) is 4.63. The highest BCUT2D eigenvalue weighted by Gasteiger charge is 2.45. The van der Waals surface area contributed by atoms with Gasteiger partial charge in [-0.05, 0) is 0 Å². The fourth-order valence-electron chi connectivity index (χ4n) is 2.05. The summed E-state index contributed by atoms with van der Waals surface area (Å²) in [5.74, 6) is -0.439. The number of aliphatic hydroxyl groups excluding tert-OH is 2. The second kappa shape index (κ2) is 5.93. The molecule has 1 fully saturated rings. The second-order valence-corrected chi connectivity index (χ2v) is 5.87. The molecule has 0 spiro atoms. The van der Waals surface area contributed by atoms with E-state index in [1.165, 1.54) is 6.33 Å². The molecule has 0 saturated carbocycles. The van der Waals surface area contributed by atoms with Crippen LogP contribution in [0, 0.1) is 5.41 Å². The summed E-state index contributed by atoms with van der Waals surface area (Å²) in [6.07, 6.45) is -4.09. The van der Waals surface area contributed by atoms with Crippen LogP contribution in [0.3, 0.4) is 0 Å². The molecule has 1 aromatic heterocycles. The Bertz CT molecular complexity index is 615. The van der Waals surface area contributed by atoms with E-state index in [0.29, 0.717) is 0 Å². The van der Waals surface area contributed by atoms with Crippen molar-refractivity contribution in [2.45, 2.75) is 24.5 Å². The van der Waals surface area contributed by atoms with Gasteiger partial charge in [0.2, 0.25) is 0 Å². The lowest BCUT2D eigenvalue weighted by atomic mass is 10.1. The van der Waals surface area contributed by atoms with Gasteiger partial charge < -0.3 is 36.2 Å². The van der Waals surface area contributed by atoms with Gasteiger partial charge in [-0.25, -0.2) is 9.55 Å². The number of aromatic nitrogens is 2. The Balaban J connectivity index is 2.16. The number of hydrogen-bond acceptors (Lipinski definition) is 8. The molecule has 22 heavy (non-hydrogen) atoms. The highest BCUT2D eigenvalue weighted by Crippen LogP contribution is 2.38. The lowest BCUT2D eigenvalue weighted by Crippen LogP contribution is -2.33. The number of nitrogens with zero attached hydrogens (tertiary/aromatic N) is 2. The van der Waals surface area contributed by atoms with Crippen LogP contribution >= 0.6 is 7.82 Å². The molecule has 2 rings (SSSR count). The van der Waals surface area contributed by atoms with Crippen LogP contribution < -0.4 is 11.5 Å². The number of rotatable bonds is 5. The van der Waals surface area contributed by atoms with E-state index in [9.17, 15) is 14.8 Å². The molecular formula is C9H16N5O7P. The zero-order valence-corrected chi connectivity index (χ0v) is 12.0. The third kappa shape index (κ3) is 3.28. The van der Waals surface area contributed by atoms with Crippen LogP contribution in [-0.4, -0.2) is 60.3 Å². The molecule has 1 aliphatic rings. The van der Waals surface area contributed by atoms with Gasteiger partial charge in [-0.15, -0.1) is 0 Å².